The second kappa shape index (κ2) is 5.98. The lowest BCUT2D eigenvalue weighted by Gasteiger charge is -2.16. The molecule has 3 nitrogen and oxygen atoms in total. The van der Waals surface area contributed by atoms with Gasteiger partial charge in [-0.3, -0.25) is 4.79 Å². The second-order valence-corrected chi connectivity index (χ2v) is 6.61. The molecule has 24 heavy (non-hydrogen) atoms. The summed E-state index contributed by atoms with van der Waals surface area (Å²) in [5.74, 6) is -0.552. The van der Waals surface area contributed by atoms with Crippen LogP contribution in [0.2, 0.25) is 0 Å². The van der Waals surface area contributed by atoms with Crippen molar-refractivity contribution in [3.63, 3.8) is 0 Å². The number of aromatic nitrogens is 1. The van der Waals surface area contributed by atoms with Crippen LogP contribution in [-0.2, 0) is 6.18 Å². The van der Waals surface area contributed by atoms with Crippen LogP contribution in [0.1, 0.15) is 35.9 Å². The summed E-state index contributed by atoms with van der Waals surface area (Å²) in [4.78, 5) is 12.6. The largest absolute Gasteiger partial charge is 0.418 e. The molecule has 126 valence electrons. The lowest BCUT2D eigenvalue weighted by molar-refractivity contribution is -0.136. The summed E-state index contributed by atoms with van der Waals surface area (Å²) < 4.78 is 42.0. The van der Waals surface area contributed by atoms with Gasteiger partial charge in [-0.1, -0.05) is 12.1 Å². The summed E-state index contributed by atoms with van der Waals surface area (Å²) >= 11 is 1.49. The molecule has 3 aromatic rings. The molecule has 0 bridgehead atoms. The SMILES string of the molecule is CC(C)n1c(C(=O)Nc2ccccc2C(F)(F)F)cc2sccc21. The van der Waals surface area contributed by atoms with E-state index in [2.05, 4.69) is 5.32 Å². The fourth-order valence-electron chi connectivity index (χ4n) is 2.70. The van der Waals surface area contributed by atoms with Gasteiger partial charge in [0, 0.05) is 6.04 Å². The molecule has 0 aliphatic heterocycles. The third-order valence-electron chi connectivity index (χ3n) is 3.69. The summed E-state index contributed by atoms with van der Waals surface area (Å²) in [6.07, 6.45) is -4.52. The highest BCUT2D eigenvalue weighted by atomic mass is 32.1. The van der Waals surface area contributed by atoms with E-state index in [-0.39, 0.29) is 11.7 Å². The minimum absolute atomic E-state index is 0.00992. The number of nitrogens with zero attached hydrogens (tertiary/aromatic N) is 1. The van der Waals surface area contributed by atoms with Gasteiger partial charge in [0.1, 0.15) is 5.69 Å². The van der Waals surface area contributed by atoms with Crippen molar-refractivity contribution >= 4 is 33.1 Å². The van der Waals surface area contributed by atoms with Crippen LogP contribution in [0.15, 0.2) is 41.8 Å². The van der Waals surface area contributed by atoms with Gasteiger partial charge in [0.2, 0.25) is 0 Å². The number of hydrogen-bond donors (Lipinski definition) is 1. The molecular formula is C17H15F3N2OS. The van der Waals surface area contributed by atoms with Crippen LogP contribution in [0.4, 0.5) is 18.9 Å². The zero-order valence-electron chi connectivity index (χ0n) is 13.0. The number of hydrogen-bond acceptors (Lipinski definition) is 2. The third kappa shape index (κ3) is 2.91. The first kappa shape index (κ1) is 16.6. The van der Waals surface area contributed by atoms with Crippen LogP contribution < -0.4 is 5.32 Å². The molecule has 0 saturated heterocycles. The van der Waals surface area contributed by atoms with E-state index in [1.807, 2.05) is 29.9 Å². The molecular weight excluding hydrogens is 337 g/mol. The molecule has 0 spiro atoms. The zero-order valence-corrected chi connectivity index (χ0v) is 13.8. The van der Waals surface area contributed by atoms with Gasteiger partial charge in [-0.2, -0.15) is 13.2 Å². The maximum Gasteiger partial charge on any atom is 0.418 e. The standard InChI is InChI=1S/C17H15F3N2OS/c1-10(2)22-13-7-8-24-15(13)9-14(22)16(23)21-12-6-4-3-5-11(12)17(18,19)20/h3-10H,1-2H3,(H,21,23). The van der Waals surface area contributed by atoms with Gasteiger partial charge in [-0.15, -0.1) is 11.3 Å². The number of alkyl halides is 3. The number of carbonyl (C=O) groups excluding carboxylic acids is 1. The first-order chi connectivity index (χ1) is 11.3. The first-order valence-electron chi connectivity index (χ1n) is 7.35. The van der Waals surface area contributed by atoms with Crippen LogP contribution in [0, 0.1) is 0 Å². The number of fused-ring (bicyclic) bond motifs is 1. The Morgan fingerprint density at radius 3 is 2.58 bits per heavy atom. The monoisotopic (exact) mass is 352 g/mol. The van der Waals surface area contributed by atoms with Crippen molar-refractivity contribution in [2.24, 2.45) is 0 Å². The average molecular weight is 352 g/mol. The Morgan fingerprint density at radius 1 is 1.21 bits per heavy atom. The average Bonchev–Trinajstić information content (AvgIpc) is 3.06. The Kier molecular flexibility index (Phi) is 4.13. The Morgan fingerprint density at radius 2 is 1.92 bits per heavy atom. The van der Waals surface area contributed by atoms with Crippen molar-refractivity contribution in [1.82, 2.24) is 4.57 Å². The molecule has 3 rings (SSSR count). The quantitative estimate of drug-likeness (QED) is 0.658. The molecule has 0 atom stereocenters. The van der Waals surface area contributed by atoms with Gasteiger partial charge in [-0.25, -0.2) is 0 Å². The zero-order chi connectivity index (χ0) is 17.5. The van der Waals surface area contributed by atoms with Gasteiger partial charge < -0.3 is 9.88 Å². The molecule has 1 aromatic carbocycles. The smallest absolute Gasteiger partial charge is 0.333 e. The molecule has 2 heterocycles. The molecule has 7 heteroatoms. The normalized spacial score (nSPS) is 12.1. The van der Waals surface area contributed by atoms with Crippen molar-refractivity contribution in [3.8, 4) is 0 Å². The number of amides is 1. The summed E-state index contributed by atoms with van der Waals surface area (Å²) in [6, 6.07) is 8.60. The minimum Gasteiger partial charge on any atom is -0.333 e. The summed E-state index contributed by atoms with van der Waals surface area (Å²) in [5, 5.41) is 4.33. The van der Waals surface area contributed by atoms with Gasteiger partial charge >= 0.3 is 6.18 Å². The van der Waals surface area contributed by atoms with Crippen molar-refractivity contribution in [3.05, 3.63) is 53.0 Å². The Hall–Kier alpha value is -2.28. The maximum atomic E-state index is 13.1. The number of para-hydroxylation sites is 1. The summed E-state index contributed by atoms with van der Waals surface area (Å²) in [5.41, 5.74) is 0.158. The summed E-state index contributed by atoms with van der Waals surface area (Å²) in [6.45, 7) is 3.86. The van der Waals surface area contributed by atoms with Crippen LogP contribution in [0.5, 0.6) is 0 Å². The number of rotatable bonds is 3. The Bertz CT molecular complexity index is 893. The molecule has 1 N–H and O–H groups in total. The number of carbonyl (C=O) groups is 1. The third-order valence-corrected chi connectivity index (χ3v) is 4.54. The van der Waals surface area contributed by atoms with Gasteiger partial charge in [-0.05, 0) is 43.5 Å². The highest BCUT2D eigenvalue weighted by Gasteiger charge is 2.33. The number of halogens is 3. The van der Waals surface area contributed by atoms with Crippen molar-refractivity contribution in [2.75, 3.05) is 5.32 Å². The predicted molar refractivity (Wildman–Crippen MR) is 89.6 cm³/mol. The van der Waals surface area contributed by atoms with E-state index >= 15 is 0 Å². The number of benzene rings is 1. The van der Waals surface area contributed by atoms with Crippen LogP contribution in [0.3, 0.4) is 0 Å². The van der Waals surface area contributed by atoms with Crippen LogP contribution in [-0.4, -0.2) is 10.5 Å². The number of thiophene rings is 1. The highest BCUT2D eigenvalue weighted by Crippen LogP contribution is 2.35. The molecule has 0 saturated carbocycles. The van der Waals surface area contributed by atoms with Crippen molar-refractivity contribution in [1.29, 1.82) is 0 Å². The number of nitrogens with one attached hydrogen (secondary N) is 1. The molecule has 0 aliphatic rings. The van der Waals surface area contributed by atoms with Crippen LogP contribution >= 0.6 is 11.3 Å². The van der Waals surface area contributed by atoms with E-state index in [1.165, 1.54) is 29.5 Å². The van der Waals surface area contributed by atoms with E-state index in [9.17, 15) is 18.0 Å². The molecule has 0 fully saturated rings. The van der Waals surface area contributed by atoms with Crippen molar-refractivity contribution < 1.29 is 18.0 Å². The van der Waals surface area contributed by atoms with E-state index < -0.39 is 17.6 Å². The lowest BCUT2D eigenvalue weighted by atomic mass is 10.1. The number of anilines is 1. The molecule has 1 amide bonds. The maximum absolute atomic E-state index is 13.1. The van der Waals surface area contributed by atoms with Crippen LogP contribution in [0.25, 0.3) is 10.2 Å². The van der Waals surface area contributed by atoms with Crippen molar-refractivity contribution in [2.45, 2.75) is 26.1 Å². The van der Waals surface area contributed by atoms with E-state index in [1.54, 1.807) is 6.07 Å². The second-order valence-electron chi connectivity index (χ2n) is 5.66. The Balaban J connectivity index is 2.00. The predicted octanol–water partition coefficient (Wildman–Crippen LogP) is 5.55. The van der Waals surface area contributed by atoms with E-state index in [0.717, 1.165) is 16.3 Å². The fraction of sp³-hybridized carbons (Fsp3) is 0.235. The molecule has 0 radical (unpaired) electrons. The minimum atomic E-state index is -4.52. The van der Waals surface area contributed by atoms with Gasteiger partial charge in [0.15, 0.2) is 0 Å². The molecule has 0 aliphatic carbocycles. The Labute approximate surface area is 140 Å². The van der Waals surface area contributed by atoms with Gasteiger partial charge in [0.25, 0.3) is 5.91 Å². The molecule has 2 aromatic heterocycles. The summed E-state index contributed by atoms with van der Waals surface area (Å²) in [7, 11) is 0. The molecule has 0 unspecified atom stereocenters. The fourth-order valence-corrected chi connectivity index (χ4v) is 3.51. The van der Waals surface area contributed by atoms with Gasteiger partial charge in [0.05, 0.1) is 21.5 Å². The highest BCUT2D eigenvalue weighted by molar-refractivity contribution is 7.17. The first-order valence-corrected chi connectivity index (χ1v) is 8.23. The lowest BCUT2D eigenvalue weighted by Crippen LogP contribution is -2.20. The van der Waals surface area contributed by atoms with E-state index in [4.69, 9.17) is 0 Å². The van der Waals surface area contributed by atoms with E-state index in [0.29, 0.717) is 5.69 Å². The topological polar surface area (TPSA) is 34.0 Å².